The molecule has 0 aliphatic carbocycles. The SMILES string of the molecule is Cc1cccc2nc(C(=O)N3CCC(C)C3CO)cn12. The highest BCUT2D eigenvalue weighted by molar-refractivity contribution is 5.93. The van der Waals surface area contributed by atoms with E-state index in [1.807, 2.05) is 29.5 Å². The third kappa shape index (κ3) is 1.98. The lowest BCUT2D eigenvalue weighted by atomic mass is 10.0. The topological polar surface area (TPSA) is 57.8 Å². The Balaban J connectivity index is 1.95. The molecule has 5 nitrogen and oxygen atoms in total. The van der Waals surface area contributed by atoms with Crippen molar-refractivity contribution >= 4 is 11.6 Å². The summed E-state index contributed by atoms with van der Waals surface area (Å²) in [6.07, 6.45) is 2.72. The van der Waals surface area contributed by atoms with Crippen molar-refractivity contribution in [2.75, 3.05) is 13.2 Å². The molecule has 0 radical (unpaired) electrons. The summed E-state index contributed by atoms with van der Waals surface area (Å²) in [4.78, 5) is 18.7. The highest BCUT2D eigenvalue weighted by Crippen LogP contribution is 2.25. The quantitative estimate of drug-likeness (QED) is 0.901. The van der Waals surface area contributed by atoms with Crippen LogP contribution in [0.25, 0.3) is 5.65 Å². The lowest BCUT2D eigenvalue weighted by molar-refractivity contribution is 0.0643. The first-order valence-electron chi connectivity index (χ1n) is 6.98. The Kier molecular flexibility index (Phi) is 3.22. The average molecular weight is 273 g/mol. The number of likely N-dealkylation sites (tertiary alicyclic amines) is 1. The molecule has 2 aromatic heterocycles. The molecule has 1 amide bonds. The van der Waals surface area contributed by atoms with Crippen molar-refractivity contribution in [3.63, 3.8) is 0 Å². The van der Waals surface area contributed by atoms with Gasteiger partial charge in [-0.15, -0.1) is 0 Å². The molecule has 0 aromatic carbocycles. The fourth-order valence-corrected chi connectivity index (χ4v) is 2.94. The van der Waals surface area contributed by atoms with Crippen LogP contribution in [0.4, 0.5) is 0 Å². The van der Waals surface area contributed by atoms with Crippen molar-refractivity contribution < 1.29 is 9.90 Å². The first kappa shape index (κ1) is 13.1. The van der Waals surface area contributed by atoms with Crippen LogP contribution in [0.3, 0.4) is 0 Å². The van der Waals surface area contributed by atoms with Gasteiger partial charge < -0.3 is 14.4 Å². The monoisotopic (exact) mass is 273 g/mol. The summed E-state index contributed by atoms with van der Waals surface area (Å²) < 4.78 is 1.92. The Hall–Kier alpha value is -1.88. The molecule has 1 fully saturated rings. The summed E-state index contributed by atoms with van der Waals surface area (Å²) in [5.74, 6) is 0.249. The van der Waals surface area contributed by atoms with E-state index in [-0.39, 0.29) is 18.6 Å². The molecule has 1 N–H and O–H groups in total. The number of aromatic nitrogens is 2. The van der Waals surface area contributed by atoms with Crippen LogP contribution in [0.5, 0.6) is 0 Å². The van der Waals surface area contributed by atoms with Crippen molar-refractivity contribution in [2.24, 2.45) is 5.92 Å². The van der Waals surface area contributed by atoms with Gasteiger partial charge in [0.05, 0.1) is 12.6 Å². The Morgan fingerprint density at radius 2 is 2.30 bits per heavy atom. The number of aryl methyl sites for hydroxylation is 1. The van der Waals surface area contributed by atoms with Gasteiger partial charge in [-0.1, -0.05) is 13.0 Å². The third-order valence-corrected chi connectivity index (χ3v) is 4.25. The van der Waals surface area contributed by atoms with E-state index in [4.69, 9.17) is 0 Å². The number of carbonyl (C=O) groups excluding carboxylic acids is 1. The van der Waals surface area contributed by atoms with Crippen LogP contribution in [0.2, 0.25) is 0 Å². The zero-order valence-electron chi connectivity index (χ0n) is 11.8. The van der Waals surface area contributed by atoms with Gasteiger partial charge in [0, 0.05) is 18.4 Å². The summed E-state index contributed by atoms with van der Waals surface area (Å²) in [5.41, 5.74) is 2.27. The van der Waals surface area contributed by atoms with Gasteiger partial charge in [0.2, 0.25) is 0 Å². The van der Waals surface area contributed by atoms with E-state index < -0.39 is 0 Å². The molecule has 106 valence electrons. The molecule has 5 heteroatoms. The van der Waals surface area contributed by atoms with E-state index in [1.165, 1.54) is 0 Å². The molecule has 0 spiro atoms. The second kappa shape index (κ2) is 4.90. The molecular weight excluding hydrogens is 254 g/mol. The third-order valence-electron chi connectivity index (χ3n) is 4.25. The maximum Gasteiger partial charge on any atom is 0.274 e. The summed E-state index contributed by atoms with van der Waals surface area (Å²) in [5, 5.41) is 9.47. The van der Waals surface area contributed by atoms with Gasteiger partial charge >= 0.3 is 0 Å². The minimum atomic E-state index is -0.0894. The molecule has 2 unspecified atom stereocenters. The van der Waals surface area contributed by atoms with Crippen LogP contribution in [0.1, 0.15) is 29.5 Å². The van der Waals surface area contributed by atoms with E-state index in [0.29, 0.717) is 18.2 Å². The zero-order chi connectivity index (χ0) is 14.3. The smallest absolute Gasteiger partial charge is 0.274 e. The minimum absolute atomic E-state index is 0.0132. The summed E-state index contributed by atoms with van der Waals surface area (Å²) in [7, 11) is 0. The van der Waals surface area contributed by atoms with Crippen LogP contribution < -0.4 is 0 Å². The Morgan fingerprint density at radius 1 is 1.50 bits per heavy atom. The van der Waals surface area contributed by atoms with Crippen LogP contribution in [0, 0.1) is 12.8 Å². The van der Waals surface area contributed by atoms with E-state index in [0.717, 1.165) is 17.8 Å². The van der Waals surface area contributed by atoms with E-state index in [1.54, 1.807) is 11.1 Å². The number of carbonyl (C=O) groups is 1. The Bertz CT molecular complexity index is 650. The number of amides is 1. The fraction of sp³-hybridized carbons (Fsp3) is 0.467. The van der Waals surface area contributed by atoms with E-state index in [2.05, 4.69) is 11.9 Å². The lowest BCUT2D eigenvalue weighted by Gasteiger charge is -2.24. The zero-order valence-corrected chi connectivity index (χ0v) is 11.8. The number of hydrogen-bond donors (Lipinski definition) is 1. The first-order chi connectivity index (χ1) is 9.61. The standard InChI is InChI=1S/C15H19N3O2/c1-10-6-7-17(13(10)9-19)15(20)12-8-18-11(2)4-3-5-14(18)16-12/h3-5,8,10,13,19H,6-7,9H2,1-2H3. The molecule has 2 aromatic rings. The number of aliphatic hydroxyl groups excluding tert-OH is 1. The Morgan fingerprint density at radius 3 is 3.00 bits per heavy atom. The molecular formula is C15H19N3O2. The Labute approximate surface area is 117 Å². The molecule has 1 aliphatic heterocycles. The molecule has 1 aliphatic rings. The second-order valence-electron chi connectivity index (χ2n) is 5.54. The second-order valence-corrected chi connectivity index (χ2v) is 5.54. The van der Waals surface area contributed by atoms with E-state index in [9.17, 15) is 9.90 Å². The molecule has 3 rings (SSSR count). The molecule has 0 bridgehead atoms. The summed E-state index contributed by atoms with van der Waals surface area (Å²) >= 11 is 0. The number of nitrogens with zero attached hydrogens (tertiary/aromatic N) is 3. The number of hydrogen-bond acceptors (Lipinski definition) is 3. The van der Waals surface area contributed by atoms with Gasteiger partial charge in [0.25, 0.3) is 5.91 Å². The maximum atomic E-state index is 12.6. The summed E-state index contributed by atoms with van der Waals surface area (Å²) in [6, 6.07) is 5.71. The number of pyridine rings is 1. The average Bonchev–Trinajstić information content (AvgIpc) is 3.02. The number of aliphatic hydroxyl groups is 1. The molecule has 0 saturated carbocycles. The van der Waals surface area contributed by atoms with Gasteiger partial charge in [-0.2, -0.15) is 0 Å². The van der Waals surface area contributed by atoms with Crippen LogP contribution >= 0.6 is 0 Å². The first-order valence-corrected chi connectivity index (χ1v) is 6.98. The molecule has 2 atom stereocenters. The molecule has 20 heavy (non-hydrogen) atoms. The minimum Gasteiger partial charge on any atom is -0.394 e. The summed E-state index contributed by atoms with van der Waals surface area (Å²) in [6.45, 7) is 4.76. The van der Waals surface area contributed by atoms with Gasteiger partial charge in [0.1, 0.15) is 11.3 Å². The molecule has 1 saturated heterocycles. The van der Waals surface area contributed by atoms with E-state index >= 15 is 0 Å². The predicted molar refractivity (Wildman–Crippen MR) is 75.6 cm³/mol. The number of imidazole rings is 1. The van der Waals surface area contributed by atoms with Gasteiger partial charge in [-0.3, -0.25) is 4.79 Å². The van der Waals surface area contributed by atoms with Crippen molar-refractivity contribution in [3.8, 4) is 0 Å². The number of rotatable bonds is 2. The largest absolute Gasteiger partial charge is 0.394 e. The van der Waals surface area contributed by atoms with Gasteiger partial charge in [0.15, 0.2) is 0 Å². The number of fused-ring (bicyclic) bond motifs is 1. The lowest BCUT2D eigenvalue weighted by Crippen LogP contribution is -2.40. The van der Waals surface area contributed by atoms with Gasteiger partial charge in [-0.25, -0.2) is 4.98 Å². The van der Waals surface area contributed by atoms with Crippen LogP contribution in [0.15, 0.2) is 24.4 Å². The highest BCUT2D eigenvalue weighted by atomic mass is 16.3. The molecule has 3 heterocycles. The van der Waals surface area contributed by atoms with Crippen molar-refractivity contribution in [3.05, 3.63) is 35.8 Å². The predicted octanol–water partition coefficient (Wildman–Crippen LogP) is 1.49. The normalized spacial score (nSPS) is 22.6. The van der Waals surface area contributed by atoms with Crippen LogP contribution in [-0.2, 0) is 0 Å². The fourth-order valence-electron chi connectivity index (χ4n) is 2.94. The maximum absolute atomic E-state index is 12.6. The van der Waals surface area contributed by atoms with Gasteiger partial charge in [-0.05, 0) is 31.4 Å². The highest BCUT2D eigenvalue weighted by Gasteiger charge is 2.35. The van der Waals surface area contributed by atoms with Crippen molar-refractivity contribution in [2.45, 2.75) is 26.3 Å². The van der Waals surface area contributed by atoms with Crippen molar-refractivity contribution in [1.82, 2.24) is 14.3 Å². The van der Waals surface area contributed by atoms with Crippen molar-refractivity contribution in [1.29, 1.82) is 0 Å². The van der Waals surface area contributed by atoms with Crippen LogP contribution in [-0.4, -0.2) is 44.5 Å².